The van der Waals surface area contributed by atoms with Crippen molar-refractivity contribution < 1.29 is 5.11 Å². The molecule has 4 heteroatoms. The molecule has 0 atom stereocenters. The maximum atomic E-state index is 9.24. The van der Waals surface area contributed by atoms with Crippen molar-refractivity contribution in [2.24, 2.45) is 0 Å². The topological polar surface area (TPSA) is 44.0 Å². The van der Waals surface area contributed by atoms with E-state index in [9.17, 15) is 5.11 Å². The maximum Gasteiger partial charge on any atom is 0.117 e. The van der Waals surface area contributed by atoms with E-state index in [1.165, 1.54) is 17.8 Å². The summed E-state index contributed by atoms with van der Waals surface area (Å²) in [5.41, 5.74) is 0.631. The first-order valence-corrected chi connectivity index (χ1v) is 6.05. The molecule has 0 unspecified atom stereocenters. The van der Waals surface area contributed by atoms with Crippen LogP contribution in [0.5, 0.6) is 5.75 Å². The number of nitrogens with zero attached hydrogens (tertiary/aromatic N) is 1. The molecule has 2 rings (SSSR count). The molecule has 0 fully saturated rings. The minimum atomic E-state index is 0.152. The van der Waals surface area contributed by atoms with Crippen LogP contribution in [0.25, 0.3) is 0 Å². The number of nitriles is 1. The summed E-state index contributed by atoms with van der Waals surface area (Å²) in [6, 6.07) is 14.2. The molecule has 0 aliphatic heterocycles. The van der Waals surface area contributed by atoms with E-state index in [2.05, 4.69) is 6.07 Å². The van der Waals surface area contributed by atoms with Crippen LogP contribution in [0, 0.1) is 11.3 Å². The molecule has 2 aromatic rings. The molecule has 84 valence electrons. The Kier molecular flexibility index (Phi) is 3.58. The number of benzene rings is 2. The number of rotatable bonds is 2. The molecule has 0 saturated heterocycles. The van der Waals surface area contributed by atoms with Crippen LogP contribution in [-0.4, -0.2) is 5.11 Å². The van der Waals surface area contributed by atoms with Crippen LogP contribution in [0.2, 0.25) is 5.02 Å². The van der Waals surface area contributed by atoms with Gasteiger partial charge in [0.2, 0.25) is 0 Å². The number of hydrogen-bond acceptors (Lipinski definition) is 3. The van der Waals surface area contributed by atoms with Crippen LogP contribution >= 0.6 is 23.4 Å². The third kappa shape index (κ3) is 2.94. The summed E-state index contributed by atoms with van der Waals surface area (Å²) in [5, 5.41) is 18.4. The molecular weight excluding hydrogens is 254 g/mol. The second-order valence-corrected chi connectivity index (χ2v) is 4.88. The summed E-state index contributed by atoms with van der Waals surface area (Å²) in [4.78, 5) is 1.87. The van der Waals surface area contributed by atoms with Gasteiger partial charge in [-0.15, -0.1) is 0 Å². The molecule has 0 radical (unpaired) electrons. The summed E-state index contributed by atoms with van der Waals surface area (Å²) in [5.74, 6) is 0.152. The quantitative estimate of drug-likeness (QED) is 0.886. The zero-order valence-corrected chi connectivity index (χ0v) is 10.3. The second-order valence-electron chi connectivity index (χ2n) is 3.35. The predicted octanol–water partition coefficient (Wildman–Crippen LogP) is 4.07. The average Bonchev–Trinajstić information content (AvgIpc) is 2.34. The van der Waals surface area contributed by atoms with Crippen LogP contribution in [0.15, 0.2) is 52.3 Å². The predicted molar refractivity (Wildman–Crippen MR) is 68.4 cm³/mol. The first-order valence-electron chi connectivity index (χ1n) is 4.85. The SMILES string of the molecule is N#Cc1ccc(Sc2ccc(O)cc2Cl)cc1. The molecule has 0 aromatic heterocycles. The molecule has 0 heterocycles. The molecule has 2 aromatic carbocycles. The van der Waals surface area contributed by atoms with Gasteiger partial charge in [0.05, 0.1) is 16.7 Å². The van der Waals surface area contributed by atoms with Crippen molar-refractivity contribution in [1.82, 2.24) is 0 Å². The van der Waals surface area contributed by atoms with E-state index in [-0.39, 0.29) is 5.75 Å². The summed E-state index contributed by atoms with van der Waals surface area (Å²) in [6.07, 6.45) is 0. The highest BCUT2D eigenvalue weighted by Gasteiger charge is 2.03. The Bertz CT molecular complexity index is 575. The van der Waals surface area contributed by atoms with Gasteiger partial charge in [-0.3, -0.25) is 0 Å². The highest BCUT2D eigenvalue weighted by Crippen LogP contribution is 2.34. The van der Waals surface area contributed by atoms with E-state index in [1.807, 2.05) is 12.1 Å². The van der Waals surface area contributed by atoms with E-state index >= 15 is 0 Å². The lowest BCUT2D eigenvalue weighted by molar-refractivity contribution is 0.475. The summed E-state index contributed by atoms with van der Waals surface area (Å²) < 4.78 is 0. The zero-order valence-electron chi connectivity index (χ0n) is 8.72. The minimum Gasteiger partial charge on any atom is -0.508 e. The summed E-state index contributed by atoms with van der Waals surface area (Å²) in [7, 11) is 0. The average molecular weight is 262 g/mol. The van der Waals surface area contributed by atoms with Crippen LogP contribution in [0.1, 0.15) is 5.56 Å². The van der Waals surface area contributed by atoms with Gasteiger partial charge in [0, 0.05) is 9.79 Å². The van der Waals surface area contributed by atoms with Gasteiger partial charge in [-0.1, -0.05) is 23.4 Å². The lowest BCUT2D eigenvalue weighted by atomic mass is 10.2. The molecular formula is C13H8ClNOS. The number of halogens is 1. The smallest absolute Gasteiger partial charge is 0.117 e. The van der Waals surface area contributed by atoms with E-state index in [4.69, 9.17) is 16.9 Å². The van der Waals surface area contributed by atoms with Gasteiger partial charge in [-0.2, -0.15) is 5.26 Å². The lowest BCUT2D eigenvalue weighted by Crippen LogP contribution is -1.77. The Balaban J connectivity index is 2.23. The standard InChI is InChI=1S/C13H8ClNOS/c14-12-7-10(16)3-6-13(12)17-11-4-1-9(8-15)2-5-11/h1-7,16H. The third-order valence-corrected chi connectivity index (χ3v) is 3.64. The highest BCUT2D eigenvalue weighted by atomic mass is 35.5. The zero-order chi connectivity index (χ0) is 12.3. The summed E-state index contributed by atoms with van der Waals surface area (Å²) in [6.45, 7) is 0. The van der Waals surface area contributed by atoms with Crippen LogP contribution in [-0.2, 0) is 0 Å². The van der Waals surface area contributed by atoms with E-state index in [1.54, 1.807) is 24.3 Å². The Hall–Kier alpha value is -1.63. The van der Waals surface area contributed by atoms with Gasteiger partial charge in [-0.05, 0) is 42.5 Å². The third-order valence-electron chi connectivity index (χ3n) is 2.13. The van der Waals surface area contributed by atoms with Crippen molar-refractivity contribution in [2.75, 3.05) is 0 Å². The Morgan fingerprint density at radius 2 is 1.82 bits per heavy atom. The van der Waals surface area contributed by atoms with Crippen LogP contribution in [0.4, 0.5) is 0 Å². The molecule has 0 saturated carbocycles. The molecule has 0 amide bonds. The van der Waals surface area contributed by atoms with Crippen molar-refractivity contribution in [3.05, 3.63) is 53.1 Å². The van der Waals surface area contributed by atoms with Gasteiger partial charge in [0.15, 0.2) is 0 Å². The van der Waals surface area contributed by atoms with Gasteiger partial charge < -0.3 is 5.11 Å². The van der Waals surface area contributed by atoms with Gasteiger partial charge in [-0.25, -0.2) is 0 Å². The van der Waals surface area contributed by atoms with Gasteiger partial charge in [0.1, 0.15) is 5.75 Å². The molecule has 17 heavy (non-hydrogen) atoms. The Morgan fingerprint density at radius 3 is 2.41 bits per heavy atom. The monoisotopic (exact) mass is 261 g/mol. The van der Waals surface area contributed by atoms with E-state index in [0.717, 1.165) is 9.79 Å². The summed E-state index contributed by atoms with van der Waals surface area (Å²) >= 11 is 7.49. The highest BCUT2D eigenvalue weighted by molar-refractivity contribution is 7.99. The molecule has 0 aliphatic carbocycles. The number of hydrogen-bond donors (Lipinski definition) is 1. The Labute approximate surface area is 108 Å². The first kappa shape index (κ1) is 11.8. The fourth-order valence-corrected chi connectivity index (χ4v) is 2.41. The fraction of sp³-hybridized carbons (Fsp3) is 0. The molecule has 1 N–H and O–H groups in total. The molecule has 0 bridgehead atoms. The van der Waals surface area contributed by atoms with Crippen molar-refractivity contribution in [3.8, 4) is 11.8 Å². The molecule has 0 aliphatic rings. The lowest BCUT2D eigenvalue weighted by Gasteiger charge is -2.04. The van der Waals surface area contributed by atoms with Crippen molar-refractivity contribution >= 4 is 23.4 Å². The van der Waals surface area contributed by atoms with Crippen molar-refractivity contribution in [1.29, 1.82) is 5.26 Å². The first-order chi connectivity index (χ1) is 8.19. The van der Waals surface area contributed by atoms with Gasteiger partial charge in [0.25, 0.3) is 0 Å². The molecule has 0 spiro atoms. The van der Waals surface area contributed by atoms with Crippen LogP contribution < -0.4 is 0 Å². The maximum absolute atomic E-state index is 9.24. The minimum absolute atomic E-state index is 0.152. The van der Waals surface area contributed by atoms with Crippen LogP contribution in [0.3, 0.4) is 0 Å². The molecule has 2 nitrogen and oxygen atoms in total. The largest absolute Gasteiger partial charge is 0.508 e. The van der Waals surface area contributed by atoms with E-state index < -0.39 is 0 Å². The number of aromatic hydroxyl groups is 1. The normalized spacial score (nSPS) is 9.88. The van der Waals surface area contributed by atoms with Crippen molar-refractivity contribution in [2.45, 2.75) is 9.79 Å². The van der Waals surface area contributed by atoms with E-state index in [0.29, 0.717) is 10.6 Å². The number of phenolic OH excluding ortho intramolecular Hbond substituents is 1. The second kappa shape index (κ2) is 5.13. The number of phenols is 1. The fourth-order valence-electron chi connectivity index (χ4n) is 1.30. The van der Waals surface area contributed by atoms with Gasteiger partial charge >= 0.3 is 0 Å². The Morgan fingerprint density at radius 1 is 1.12 bits per heavy atom. The van der Waals surface area contributed by atoms with Crippen molar-refractivity contribution in [3.63, 3.8) is 0 Å².